The van der Waals surface area contributed by atoms with Crippen molar-refractivity contribution in [2.45, 2.75) is 13.8 Å². The Hall–Kier alpha value is -2.24. The van der Waals surface area contributed by atoms with Crippen molar-refractivity contribution < 1.29 is 4.92 Å². The van der Waals surface area contributed by atoms with Crippen LogP contribution in [0.15, 0.2) is 36.4 Å². The first kappa shape index (κ1) is 15.8. The van der Waals surface area contributed by atoms with Crippen LogP contribution in [0.1, 0.15) is 19.5 Å². The highest BCUT2D eigenvalue weighted by atomic mass is 16.6. The molecule has 18 heavy (non-hydrogen) atoms. The fourth-order valence-electron chi connectivity index (χ4n) is 0.883. The number of hydrogen-bond donors (Lipinski definition) is 0. The zero-order valence-corrected chi connectivity index (χ0v) is 10.9. The molecule has 98 valence electrons. The average Bonchev–Trinajstić information content (AvgIpc) is 2.77. The van der Waals surface area contributed by atoms with E-state index < -0.39 is 0 Å². The van der Waals surface area contributed by atoms with Crippen LogP contribution in [0, 0.1) is 10.1 Å². The minimum absolute atomic E-state index is 0.0278. The lowest BCUT2D eigenvalue weighted by Crippen LogP contribution is -1.92. The van der Waals surface area contributed by atoms with Crippen LogP contribution in [0.5, 0.6) is 0 Å². The van der Waals surface area contributed by atoms with E-state index in [2.05, 4.69) is 16.6 Å². The van der Waals surface area contributed by atoms with E-state index in [-0.39, 0.29) is 11.5 Å². The lowest BCUT2D eigenvalue weighted by atomic mass is 10.2. The zero-order chi connectivity index (χ0) is 14.0. The Balaban J connectivity index is 0.000000494. The third-order valence-corrected chi connectivity index (χ3v) is 1.80. The molecule has 0 bridgehead atoms. The van der Waals surface area contributed by atoms with Gasteiger partial charge < -0.3 is 4.57 Å². The second-order valence-electron chi connectivity index (χ2n) is 3.32. The van der Waals surface area contributed by atoms with Crippen LogP contribution in [0.3, 0.4) is 0 Å². The van der Waals surface area contributed by atoms with E-state index in [1.54, 1.807) is 18.7 Å². The Labute approximate surface area is 107 Å². The Morgan fingerprint density at radius 1 is 1.72 bits per heavy atom. The monoisotopic (exact) mass is 250 g/mol. The zero-order valence-electron chi connectivity index (χ0n) is 10.9. The standard InChI is InChI=1S/C10H13N3.C2H5NO2/c1-4-11-6-5-9(2)10-7-13(3)8-12-10;1-2-3(4)5/h4-8H,2H2,1,3H3;2H2,1H3/b6-5-,11-4?;. The van der Waals surface area contributed by atoms with Crippen LogP contribution in [0.4, 0.5) is 0 Å². The molecule has 0 spiro atoms. The minimum atomic E-state index is -0.375. The summed E-state index contributed by atoms with van der Waals surface area (Å²) in [4.78, 5) is 16.9. The van der Waals surface area contributed by atoms with Crippen molar-refractivity contribution in [3.05, 3.63) is 47.2 Å². The van der Waals surface area contributed by atoms with Gasteiger partial charge in [-0.1, -0.05) is 6.58 Å². The van der Waals surface area contributed by atoms with E-state index in [0.717, 1.165) is 11.3 Å². The van der Waals surface area contributed by atoms with Crippen LogP contribution in [0.25, 0.3) is 5.57 Å². The van der Waals surface area contributed by atoms with E-state index >= 15 is 0 Å². The summed E-state index contributed by atoms with van der Waals surface area (Å²) in [5.41, 5.74) is 1.75. The fourth-order valence-corrected chi connectivity index (χ4v) is 0.883. The van der Waals surface area contributed by atoms with Crippen molar-refractivity contribution in [2.75, 3.05) is 6.54 Å². The van der Waals surface area contributed by atoms with Gasteiger partial charge in [-0.05, 0) is 18.6 Å². The largest absolute Gasteiger partial charge is 0.340 e. The lowest BCUT2D eigenvalue weighted by Gasteiger charge is -1.90. The first-order valence-electron chi connectivity index (χ1n) is 5.44. The van der Waals surface area contributed by atoms with E-state index in [4.69, 9.17) is 0 Å². The number of aliphatic imine (C=N–C) groups is 1. The molecule has 6 nitrogen and oxygen atoms in total. The van der Waals surface area contributed by atoms with Gasteiger partial charge in [0.1, 0.15) is 0 Å². The summed E-state index contributed by atoms with van der Waals surface area (Å²) in [6, 6.07) is 0. The molecule has 0 aliphatic carbocycles. The van der Waals surface area contributed by atoms with Gasteiger partial charge in [0.15, 0.2) is 0 Å². The number of rotatable bonds is 4. The lowest BCUT2D eigenvalue weighted by molar-refractivity contribution is -0.475. The van der Waals surface area contributed by atoms with Crippen LogP contribution in [-0.2, 0) is 7.05 Å². The second-order valence-corrected chi connectivity index (χ2v) is 3.32. The molecule has 0 fully saturated rings. The first-order chi connectivity index (χ1) is 8.51. The van der Waals surface area contributed by atoms with Crippen molar-refractivity contribution in [2.24, 2.45) is 12.0 Å². The summed E-state index contributed by atoms with van der Waals surface area (Å²) in [6.07, 6.45) is 8.93. The number of nitrogens with zero attached hydrogens (tertiary/aromatic N) is 4. The smallest absolute Gasteiger partial charge is 0.201 e. The quantitative estimate of drug-likeness (QED) is 0.356. The summed E-state index contributed by atoms with van der Waals surface area (Å²) in [7, 11) is 1.93. The molecule has 1 aromatic heterocycles. The fraction of sp³-hybridized carbons (Fsp3) is 0.333. The van der Waals surface area contributed by atoms with Crippen molar-refractivity contribution >= 4 is 11.8 Å². The first-order valence-corrected chi connectivity index (χ1v) is 5.44. The molecule has 0 aromatic carbocycles. The van der Waals surface area contributed by atoms with Crippen LogP contribution in [-0.4, -0.2) is 27.2 Å². The number of allylic oxidation sites excluding steroid dienone is 2. The summed E-state index contributed by atoms with van der Waals surface area (Å²) < 4.78 is 1.89. The molecule has 0 amide bonds. The van der Waals surface area contributed by atoms with E-state index in [1.807, 2.05) is 30.8 Å². The van der Waals surface area contributed by atoms with Gasteiger partial charge in [-0.3, -0.25) is 15.1 Å². The predicted octanol–water partition coefficient (Wildman–Crippen LogP) is 2.32. The molecular weight excluding hydrogens is 232 g/mol. The van der Waals surface area contributed by atoms with Crippen molar-refractivity contribution in [3.8, 4) is 0 Å². The Morgan fingerprint density at radius 3 is 2.72 bits per heavy atom. The van der Waals surface area contributed by atoms with E-state index in [0.29, 0.717) is 0 Å². The molecule has 0 aliphatic rings. The Kier molecular flexibility index (Phi) is 7.76. The molecule has 1 rings (SSSR count). The normalized spacial score (nSPS) is 10.4. The van der Waals surface area contributed by atoms with Gasteiger partial charge in [-0.25, -0.2) is 4.98 Å². The molecule has 0 aliphatic heterocycles. The van der Waals surface area contributed by atoms with Gasteiger partial charge in [-0.15, -0.1) is 0 Å². The van der Waals surface area contributed by atoms with Crippen molar-refractivity contribution in [1.82, 2.24) is 9.55 Å². The Morgan fingerprint density at radius 2 is 2.33 bits per heavy atom. The highest BCUT2D eigenvalue weighted by Gasteiger charge is 1.96. The Bertz CT molecular complexity index is 447. The molecule has 6 heteroatoms. The SMILES string of the molecule is C=C(/C=C\N=CC)c1cn(C)cn1.CC[N+](=O)[O-]. The van der Waals surface area contributed by atoms with Crippen LogP contribution in [0.2, 0.25) is 0 Å². The number of imidazole rings is 1. The van der Waals surface area contributed by atoms with Gasteiger partial charge in [0.2, 0.25) is 6.54 Å². The summed E-state index contributed by atoms with van der Waals surface area (Å²) in [6.45, 7) is 7.27. The van der Waals surface area contributed by atoms with Crippen molar-refractivity contribution in [1.29, 1.82) is 0 Å². The molecule has 0 atom stereocenters. The molecule has 0 unspecified atom stereocenters. The van der Waals surface area contributed by atoms with Gasteiger partial charge in [-0.2, -0.15) is 0 Å². The van der Waals surface area contributed by atoms with Gasteiger partial charge in [0.05, 0.1) is 12.0 Å². The topological polar surface area (TPSA) is 73.3 Å². The van der Waals surface area contributed by atoms with Gasteiger partial charge >= 0.3 is 0 Å². The maximum absolute atomic E-state index is 9.17. The maximum Gasteiger partial charge on any atom is 0.201 e. The maximum atomic E-state index is 9.17. The molecule has 0 saturated carbocycles. The number of hydrogen-bond acceptors (Lipinski definition) is 4. The highest BCUT2D eigenvalue weighted by molar-refractivity contribution is 5.69. The highest BCUT2D eigenvalue weighted by Crippen LogP contribution is 2.09. The number of aryl methyl sites for hydroxylation is 1. The molecule has 0 radical (unpaired) electrons. The van der Waals surface area contributed by atoms with Gasteiger partial charge in [0.25, 0.3) is 0 Å². The molecule has 1 heterocycles. The summed E-state index contributed by atoms with van der Waals surface area (Å²) in [5.74, 6) is 0. The van der Waals surface area contributed by atoms with Gasteiger partial charge in [0, 0.05) is 37.5 Å². The second kappa shape index (κ2) is 8.86. The van der Waals surface area contributed by atoms with E-state index in [1.165, 1.54) is 6.92 Å². The minimum Gasteiger partial charge on any atom is -0.340 e. The molecule has 0 saturated heterocycles. The summed E-state index contributed by atoms with van der Waals surface area (Å²) in [5, 5.41) is 9.17. The molecule has 1 aromatic rings. The predicted molar refractivity (Wildman–Crippen MR) is 73.1 cm³/mol. The van der Waals surface area contributed by atoms with Crippen LogP contribution >= 0.6 is 0 Å². The third-order valence-electron chi connectivity index (χ3n) is 1.80. The number of nitro groups is 1. The van der Waals surface area contributed by atoms with E-state index in [9.17, 15) is 10.1 Å². The number of aromatic nitrogens is 2. The third kappa shape index (κ3) is 7.10. The van der Waals surface area contributed by atoms with Crippen molar-refractivity contribution in [3.63, 3.8) is 0 Å². The molecule has 0 N–H and O–H groups in total. The molecular formula is C12H18N4O2. The summed E-state index contributed by atoms with van der Waals surface area (Å²) >= 11 is 0. The average molecular weight is 250 g/mol. The van der Waals surface area contributed by atoms with Crippen LogP contribution < -0.4 is 0 Å².